The highest BCUT2D eigenvalue weighted by Gasteiger charge is 2.59. The summed E-state index contributed by atoms with van der Waals surface area (Å²) in [4.78, 5) is 0. The predicted molar refractivity (Wildman–Crippen MR) is 274 cm³/mol. The number of aliphatic hydroxyl groups is 21. The van der Waals surface area contributed by atoms with Gasteiger partial charge in [0, 0.05) is 0 Å². The molecule has 21 saturated heterocycles. The van der Waals surface area contributed by atoms with Gasteiger partial charge in [0.05, 0.1) is 168 Å². The molecule has 77 heavy (non-hydrogen) atoms. The van der Waals surface area contributed by atoms with Crippen molar-refractivity contribution in [1.82, 2.24) is 0 Å². The zero-order valence-corrected chi connectivity index (χ0v) is 46.0. The van der Waals surface area contributed by atoms with Crippen molar-refractivity contribution >= 4 is 82.3 Å². The van der Waals surface area contributed by atoms with Crippen LogP contribution in [0.25, 0.3) is 0 Å². The Morgan fingerprint density at radius 3 is 0.377 bits per heavy atom. The summed E-state index contributed by atoms with van der Waals surface area (Å²) in [5.74, 6) is 0. The van der Waals surface area contributed by atoms with Crippen molar-refractivity contribution in [3.05, 3.63) is 0 Å². The Morgan fingerprint density at radius 1 is 0.182 bits per heavy atom. The highest BCUT2D eigenvalue weighted by Crippen LogP contribution is 2.50. The van der Waals surface area contributed by atoms with E-state index in [1.807, 2.05) is 0 Å². The first-order chi connectivity index (χ1) is 36.7. The molecule has 35 heteroatoms. The van der Waals surface area contributed by atoms with E-state index in [1.54, 1.807) is 0 Å². The molecule has 21 aliphatic heterocycles. The first-order valence-corrected chi connectivity index (χ1v) is 31.2. The molecule has 0 saturated carbocycles. The van der Waals surface area contributed by atoms with Crippen molar-refractivity contribution in [2.75, 3.05) is 46.2 Å². The van der Waals surface area contributed by atoms with Crippen molar-refractivity contribution in [2.45, 2.75) is 203 Å². The zero-order chi connectivity index (χ0) is 56.1. The molecule has 14 bridgehead atoms. The largest absolute Gasteiger partial charge is 0.394 e. The summed E-state index contributed by atoms with van der Waals surface area (Å²) < 4.78 is 42.1. The molecular weight excluding hydrogens is 1180 g/mol. The van der Waals surface area contributed by atoms with Gasteiger partial charge in [-0.05, 0) is 0 Å². The Morgan fingerprint density at radius 2 is 0.286 bits per heavy atom. The zero-order valence-electron chi connectivity index (χ0n) is 40.3. The molecular formula is C42H70O28S7. The van der Waals surface area contributed by atoms with Crippen LogP contribution in [0.15, 0.2) is 0 Å². The molecule has 21 fully saturated rings. The van der Waals surface area contributed by atoms with Crippen LogP contribution >= 0.6 is 82.3 Å². The molecule has 0 aliphatic carbocycles. The van der Waals surface area contributed by atoms with Crippen LogP contribution in [0.4, 0.5) is 0 Å². The maximum atomic E-state index is 11.5. The molecule has 0 aromatic heterocycles. The molecule has 0 radical (unpaired) electrons. The molecule has 0 spiro atoms. The van der Waals surface area contributed by atoms with Crippen LogP contribution in [0, 0.1) is 0 Å². The van der Waals surface area contributed by atoms with Crippen LogP contribution < -0.4 is 0 Å². The molecule has 21 N–H and O–H groups in total. The lowest BCUT2D eigenvalue weighted by molar-refractivity contribution is -0.156. The molecule has 0 aromatic rings. The number of ether oxygens (including phenoxy) is 7. The Bertz CT molecular complexity index is 1490. The van der Waals surface area contributed by atoms with Crippen molar-refractivity contribution in [1.29, 1.82) is 0 Å². The lowest BCUT2D eigenvalue weighted by atomic mass is 10.0. The number of hydrogen-bond acceptors (Lipinski definition) is 35. The SMILES string of the molecule is OC[C@H]1O[C@@H]2S[C@H]3[C@H](O)[C@@H](O)[C@H](O[C@@H]3CO)S[C@H]3[C@H](O)[C@@H](O)[C@H](O[C@@H]3CO)S[C@H]3[C@H](O)[C@@H](O)[C@H](O[C@@H]3CO)S[C@H]3[C@H](O)[C@@H](O)[C@H](O[C@@H]3CO)S[C@H]3[C@H](O)[C@@H](O)[C@H](O[C@@H]3CO)S[C@H]3[C@H](O)[C@@H](O)[C@H](O[C@@H]3CO)S[C@H]1[C@H](O)[C@H]2O. The fraction of sp³-hybridized carbons (Fsp3) is 1.00. The Kier molecular flexibility index (Phi) is 23.2. The second kappa shape index (κ2) is 27.8. The van der Waals surface area contributed by atoms with Crippen molar-refractivity contribution in [3.8, 4) is 0 Å². The molecule has 35 atom stereocenters. The van der Waals surface area contributed by atoms with E-state index in [1.165, 1.54) is 0 Å². The van der Waals surface area contributed by atoms with Crippen molar-refractivity contribution in [3.63, 3.8) is 0 Å². The summed E-state index contributed by atoms with van der Waals surface area (Å²) in [5, 5.41) is 225. The lowest BCUT2D eigenvalue weighted by Crippen LogP contribution is -2.63. The first-order valence-electron chi connectivity index (χ1n) is 24.6. The lowest BCUT2D eigenvalue weighted by Gasteiger charge is -2.49. The van der Waals surface area contributed by atoms with E-state index in [2.05, 4.69) is 0 Å². The molecule has 448 valence electrons. The third-order valence-corrected chi connectivity index (χ3v) is 25.7. The second-order valence-corrected chi connectivity index (χ2v) is 28.6. The maximum Gasteiger partial charge on any atom is 0.132 e. The van der Waals surface area contributed by atoms with Crippen LogP contribution in [0.1, 0.15) is 0 Å². The van der Waals surface area contributed by atoms with E-state index < -0.39 is 249 Å². The van der Waals surface area contributed by atoms with Gasteiger partial charge in [-0.25, -0.2) is 0 Å². The van der Waals surface area contributed by atoms with Crippen molar-refractivity contribution in [2.24, 2.45) is 0 Å². The van der Waals surface area contributed by atoms with Gasteiger partial charge in [-0.2, -0.15) is 0 Å². The van der Waals surface area contributed by atoms with Crippen LogP contribution in [0.3, 0.4) is 0 Å². The van der Waals surface area contributed by atoms with Crippen molar-refractivity contribution < 1.29 is 140 Å². The Hall–Kier alpha value is 1.33. The van der Waals surface area contributed by atoms with E-state index in [4.69, 9.17) is 33.2 Å². The van der Waals surface area contributed by atoms with E-state index in [0.717, 1.165) is 0 Å². The normalized spacial score (nSPS) is 55.4. The fourth-order valence-corrected chi connectivity index (χ4v) is 20.8. The fourth-order valence-electron chi connectivity index (χ4n) is 10.4. The van der Waals surface area contributed by atoms with Gasteiger partial charge < -0.3 is 140 Å². The molecule has 0 amide bonds. The van der Waals surface area contributed by atoms with Gasteiger partial charge in [0.2, 0.25) is 0 Å². The van der Waals surface area contributed by atoms with Gasteiger partial charge >= 0.3 is 0 Å². The quantitative estimate of drug-likeness (QED) is 0.113. The van der Waals surface area contributed by atoms with Gasteiger partial charge in [0.25, 0.3) is 0 Å². The van der Waals surface area contributed by atoms with E-state index >= 15 is 0 Å². The number of hydrogen-bond donors (Lipinski definition) is 21. The standard InChI is InChI=1S/C42H70O28S7/c43-1-8-29-15(50)22(57)36(64-8)72-30-9(2-44)66-38(24(59)17(30)52)74-32-11(4-46)68-40(26(61)19(32)54)76-34-13(6-48)70-42(28(63)21(34)56)77-35-14(7-49)69-41(27(62)20(35)55)75-33-12(5-47)67-39(25(60)18(33)53)73-31-10(3-45)65-37(71-29)23(58)16(31)51/h8-63H,1-7H2/t8-,9-,10-,11-,12-,13-,14-,15-,16-,17-,18-,19-,20-,21-,22-,23-,24-,25-,26-,27-,28-,29-,30-,31-,32-,33-,34-,35-,36-,37-,38-,39-,40-,41-,42-/m1/s1. The van der Waals surface area contributed by atoms with Gasteiger partial charge in [-0.1, -0.05) is 0 Å². The number of thioether (sulfide) groups is 7. The van der Waals surface area contributed by atoms with Crippen LogP contribution in [-0.2, 0) is 33.2 Å². The summed E-state index contributed by atoms with van der Waals surface area (Å²) in [6.07, 6.45) is -35.2. The molecule has 21 aliphatic rings. The molecule has 0 unspecified atom stereocenters. The molecule has 21 heterocycles. The third kappa shape index (κ3) is 13.1. The molecule has 0 aromatic carbocycles. The summed E-state index contributed by atoms with van der Waals surface area (Å²) in [6, 6.07) is 0. The second-order valence-electron chi connectivity index (χ2n) is 19.7. The van der Waals surface area contributed by atoms with Gasteiger partial charge in [-0.3, -0.25) is 0 Å². The Labute approximate surface area is 469 Å². The van der Waals surface area contributed by atoms with E-state index in [0.29, 0.717) is 82.3 Å². The van der Waals surface area contributed by atoms with E-state index in [-0.39, 0.29) is 0 Å². The van der Waals surface area contributed by atoms with Gasteiger partial charge in [0.15, 0.2) is 0 Å². The first kappa shape index (κ1) is 64.3. The van der Waals surface area contributed by atoms with Gasteiger partial charge in [0.1, 0.15) is 80.8 Å². The average Bonchev–Trinajstić information content (AvgIpc) is 3.42. The van der Waals surface area contributed by atoms with Gasteiger partial charge in [-0.15, -0.1) is 82.3 Å². The summed E-state index contributed by atoms with van der Waals surface area (Å²) in [5.41, 5.74) is -10.5. The minimum absolute atomic E-state index is 0.632. The smallest absolute Gasteiger partial charge is 0.132 e. The topological polar surface area (TPSA) is 489 Å². The monoisotopic (exact) mass is 1250 g/mol. The predicted octanol–water partition coefficient (Wildman–Crippen LogP) is -10.2. The third-order valence-electron chi connectivity index (χ3n) is 14.8. The molecule has 28 nitrogen and oxygen atoms in total. The van der Waals surface area contributed by atoms with Crippen LogP contribution in [0.5, 0.6) is 0 Å². The Balaban J connectivity index is 1.08. The highest BCUT2D eigenvalue weighted by molar-refractivity contribution is 8.02. The van der Waals surface area contributed by atoms with E-state index in [9.17, 15) is 107 Å². The summed E-state index contributed by atoms with van der Waals surface area (Å²) >= 11 is 4.42. The maximum absolute atomic E-state index is 11.5. The average molecular weight is 1250 g/mol. The molecule has 21 rings (SSSR count). The van der Waals surface area contributed by atoms with Crippen LogP contribution in [0.2, 0.25) is 0 Å². The van der Waals surface area contributed by atoms with Crippen LogP contribution in [-0.4, -0.2) is 356 Å². The minimum atomic E-state index is -1.85. The highest BCUT2D eigenvalue weighted by atomic mass is 32.2. The number of rotatable bonds is 7. The summed E-state index contributed by atoms with van der Waals surface area (Å²) in [7, 11) is 0. The number of aliphatic hydroxyl groups excluding tert-OH is 21. The summed E-state index contributed by atoms with van der Waals surface area (Å²) in [6.45, 7) is -5.73. The minimum Gasteiger partial charge on any atom is -0.394 e.